The number of aryl methyl sites for hydroxylation is 1. The minimum atomic E-state index is -0.235. The highest BCUT2D eigenvalue weighted by molar-refractivity contribution is 5.51. The predicted molar refractivity (Wildman–Crippen MR) is 81.8 cm³/mol. The molecule has 2 N–H and O–H groups in total. The lowest BCUT2D eigenvalue weighted by atomic mass is 9.99. The van der Waals surface area contributed by atoms with Crippen LogP contribution >= 0.6 is 0 Å². The van der Waals surface area contributed by atoms with Gasteiger partial charge in [-0.3, -0.25) is 0 Å². The van der Waals surface area contributed by atoms with Gasteiger partial charge in [0, 0.05) is 19.2 Å². The van der Waals surface area contributed by atoms with Crippen LogP contribution in [0.15, 0.2) is 10.9 Å². The van der Waals surface area contributed by atoms with E-state index in [1.807, 2.05) is 13.0 Å². The normalized spacial score (nSPS) is 19.0. The zero-order valence-electron chi connectivity index (χ0n) is 12.6. The number of piperidine rings is 1. The summed E-state index contributed by atoms with van der Waals surface area (Å²) in [6.45, 7) is 8.05. The molecule has 1 unspecified atom stereocenters. The first-order valence-electron chi connectivity index (χ1n) is 7.59. The number of aromatic nitrogens is 4. The van der Waals surface area contributed by atoms with Crippen LogP contribution in [0.3, 0.4) is 0 Å². The lowest BCUT2D eigenvalue weighted by molar-refractivity contribution is 0.377. The van der Waals surface area contributed by atoms with Crippen molar-refractivity contribution in [1.29, 1.82) is 0 Å². The lowest BCUT2D eigenvalue weighted by Gasteiger charge is -2.30. The summed E-state index contributed by atoms with van der Waals surface area (Å²) in [5, 5.41) is 9.97. The molecule has 21 heavy (non-hydrogen) atoms. The molecule has 0 bridgehead atoms. The molecule has 1 aliphatic rings. The van der Waals surface area contributed by atoms with Crippen molar-refractivity contribution in [2.75, 3.05) is 31.1 Å². The molecule has 7 nitrogen and oxygen atoms in total. The standard InChI is InChI=1S/C14H22N6O/c1-3-19(9-11-5-4-6-15-8-11)12-7-13-17-18-14(21)20(13)10(2)16-12/h7,11,15H,3-6,8-9H2,1-2H3,(H,18,21). The molecule has 3 heterocycles. The SMILES string of the molecule is CCN(CC1CCCNC1)c1cc2n[nH]c(=O)n2c(C)n1. The maximum Gasteiger partial charge on any atom is 0.349 e. The third kappa shape index (κ3) is 2.78. The summed E-state index contributed by atoms with van der Waals surface area (Å²) in [5.74, 6) is 2.21. The number of aromatic amines is 1. The molecule has 2 aromatic rings. The molecule has 0 amide bonds. The Labute approximate surface area is 123 Å². The Hall–Kier alpha value is -1.89. The van der Waals surface area contributed by atoms with E-state index in [4.69, 9.17) is 0 Å². The third-order valence-electron chi connectivity index (χ3n) is 4.14. The lowest BCUT2D eigenvalue weighted by Crippen LogP contribution is -2.38. The highest BCUT2D eigenvalue weighted by atomic mass is 16.1. The van der Waals surface area contributed by atoms with Crippen molar-refractivity contribution < 1.29 is 0 Å². The molecular weight excluding hydrogens is 268 g/mol. The van der Waals surface area contributed by atoms with Crippen molar-refractivity contribution in [3.05, 3.63) is 22.4 Å². The summed E-state index contributed by atoms with van der Waals surface area (Å²) in [5.41, 5.74) is 0.392. The van der Waals surface area contributed by atoms with Crippen LogP contribution in [0.1, 0.15) is 25.6 Å². The van der Waals surface area contributed by atoms with E-state index >= 15 is 0 Å². The van der Waals surface area contributed by atoms with Crippen LogP contribution in [0, 0.1) is 12.8 Å². The molecule has 0 radical (unpaired) electrons. The van der Waals surface area contributed by atoms with Gasteiger partial charge >= 0.3 is 5.69 Å². The van der Waals surface area contributed by atoms with E-state index < -0.39 is 0 Å². The predicted octanol–water partition coefficient (Wildman–Crippen LogP) is 0.552. The summed E-state index contributed by atoms with van der Waals surface area (Å²) >= 11 is 0. The first-order chi connectivity index (χ1) is 10.2. The average molecular weight is 290 g/mol. The van der Waals surface area contributed by atoms with Crippen LogP contribution < -0.4 is 15.9 Å². The van der Waals surface area contributed by atoms with Crippen molar-refractivity contribution in [2.45, 2.75) is 26.7 Å². The number of nitrogens with zero attached hydrogens (tertiary/aromatic N) is 4. The average Bonchev–Trinajstić information content (AvgIpc) is 2.87. The molecule has 7 heteroatoms. The molecule has 1 fully saturated rings. The van der Waals surface area contributed by atoms with Gasteiger partial charge in [-0.2, -0.15) is 5.10 Å². The van der Waals surface area contributed by atoms with Crippen molar-refractivity contribution in [1.82, 2.24) is 24.9 Å². The number of H-pyrrole nitrogens is 1. The minimum Gasteiger partial charge on any atom is -0.356 e. The Kier molecular flexibility index (Phi) is 3.92. The topological polar surface area (TPSA) is 78.3 Å². The molecule has 0 aromatic carbocycles. The van der Waals surface area contributed by atoms with Gasteiger partial charge in [0.15, 0.2) is 5.65 Å². The van der Waals surface area contributed by atoms with Gasteiger partial charge in [-0.1, -0.05) is 0 Å². The number of rotatable bonds is 4. The van der Waals surface area contributed by atoms with E-state index in [9.17, 15) is 4.79 Å². The second kappa shape index (κ2) is 5.85. The van der Waals surface area contributed by atoms with E-state index in [2.05, 4.69) is 32.3 Å². The van der Waals surface area contributed by atoms with Crippen LogP contribution in [-0.2, 0) is 0 Å². The molecular formula is C14H22N6O. The zero-order valence-corrected chi connectivity index (χ0v) is 12.6. The molecule has 0 spiro atoms. The van der Waals surface area contributed by atoms with Gasteiger partial charge in [0.25, 0.3) is 0 Å². The summed E-state index contributed by atoms with van der Waals surface area (Å²) in [4.78, 5) is 18.5. The molecule has 2 aromatic heterocycles. The van der Waals surface area contributed by atoms with Gasteiger partial charge in [0.1, 0.15) is 11.6 Å². The summed E-state index contributed by atoms with van der Waals surface area (Å²) in [7, 11) is 0. The molecule has 0 saturated carbocycles. The third-order valence-corrected chi connectivity index (χ3v) is 4.14. The van der Waals surface area contributed by atoms with Crippen LogP contribution in [0.5, 0.6) is 0 Å². The Bertz CT molecular complexity index is 670. The molecule has 1 aliphatic heterocycles. The quantitative estimate of drug-likeness (QED) is 0.860. The minimum absolute atomic E-state index is 0.235. The molecule has 0 aliphatic carbocycles. The Balaban J connectivity index is 1.87. The fourth-order valence-electron chi connectivity index (χ4n) is 3.02. The van der Waals surface area contributed by atoms with Crippen molar-refractivity contribution >= 4 is 11.5 Å². The van der Waals surface area contributed by atoms with Gasteiger partial charge in [-0.15, -0.1) is 0 Å². The Morgan fingerprint density at radius 2 is 2.38 bits per heavy atom. The fraction of sp³-hybridized carbons (Fsp3) is 0.643. The van der Waals surface area contributed by atoms with Crippen molar-refractivity contribution in [3.63, 3.8) is 0 Å². The molecule has 1 saturated heterocycles. The molecule has 114 valence electrons. The smallest absolute Gasteiger partial charge is 0.349 e. The first-order valence-corrected chi connectivity index (χ1v) is 7.59. The summed E-state index contributed by atoms with van der Waals surface area (Å²) < 4.78 is 1.50. The largest absolute Gasteiger partial charge is 0.356 e. The zero-order chi connectivity index (χ0) is 14.8. The van der Waals surface area contributed by atoms with Crippen LogP contribution in [-0.4, -0.2) is 45.8 Å². The second-order valence-electron chi connectivity index (χ2n) is 5.63. The van der Waals surface area contributed by atoms with Gasteiger partial charge < -0.3 is 10.2 Å². The molecule has 3 rings (SSSR count). The number of nitrogens with one attached hydrogen (secondary N) is 2. The van der Waals surface area contributed by atoms with Gasteiger partial charge in [-0.25, -0.2) is 19.3 Å². The highest BCUT2D eigenvalue weighted by Crippen LogP contribution is 2.18. The second-order valence-corrected chi connectivity index (χ2v) is 5.63. The number of fused-ring (bicyclic) bond motifs is 1. The number of anilines is 1. The summed E-state index contributed by atoms with van der Waals surface area (Å²) in [6.07, 6.45) is 2.50. The monoisotopic (exact) mass is 290 g/mol. The van der Waals surface area contributed by atoms with Crippen LogP contribution in [0.2, 0.25) is 0 Å². The van der Waals surface area contributed by atoms with Crippen molar-refractivity contribution in [3.8, 4) is 0 Å². The van der Waals surface area contributed by atoms with Crippen LogP contribution in [0.4, 0.5) is 5.82 Å². The summed E-state index contributed by atoms with van der Waals surface area (Å²) in [6, 6.07) is 1.88. The maximum atomic E-state index is 11.7. The van der Waals surface area contributed by atoms with Crippen molar-refractivity contribution in [2.24, 2.45) is 5.92 Å². The fourth-order valence-corrected chi connectivity index (χ4v) is 3.02. The van der Waals surface area contributed by atoms with Crippen LogP contribution in [0.25, 0.3) is 5.65 Å². The number of hydrogen-bond acceptors (Lipinski definition) is 5. The highest BCUT2D eigenvalue weighted by Gasteiger charge is 2.18. The Morgan fingerprint density at radius 3 is 3.10 bits per heavy atom. The number of hydrogen-bond donors (Lipinski definition) is 2. The van der Waals surface area contributed by atoms with E-state index in [-0.39, 0.29) is 5.69 Å². The first kappa shape index (κ1) is 14.1. The van der Waals surface area contributed by atoms with Gasteiger partial charge in [0.2, 0.25) is 0 Å². The van der Waals surface area contributed by atoms with E-state index in [1.165, 1.54) is 17.2 Å². The van der Waals surface area contributed by atoms with Gasteiger partial charge in [0.05, 0.1) is 0 Å². The Morgan fingerprint density at radius 1 is 1.52 bits per heavy atom. The van der Waals surface area contributed by atoms with E-state index in [1.54, 1.807) is 0 Å². The maximum absolute atomic E-state index is 11.7. The van der Waals surface area contributed by atoms with E-state index in [0.29, 0.717) is 17.4 Å². The van der Waals surface area contributed by atoms with Gasteiger partial charge in [-0.05, 0) is 45.7 Å². The van der Waals surface area contributed by atoms with E-state index in [0.717, 1.165) is 32.0 Å². The molecule has 1 atom stereocenters.